The number of hydrogen-bond acceptors (Lipinski definition) is 3. The first-order valence-corrected chi connectivity index (χ1v) is 6.69. The van der Waals surface area contributed by atoms with Crippen LogP contribution in [0.3, 0.4) is 0 Å². The first-order chi connectivity index (χ1) is 8.29. The van der Waals surface area contributed by atoms with Crippen molar-refractivity contribution in [3.63, 3.8) is 0 Å². The minimum atomic E-state index is 0.479. The van der Waals surface area contributed by atoms with Gasteiger partial charge in [0.2, 0.25) is 0 Å². The van der Waals surface area contributed by atoms with Crippen LogP contribution in [0, 0.1) is 0 Å². The third-order valence-corrected chi connectivity index (χ3v) is 3.47. The van der Waals surface area contributed by atoms with Gasteiger partial charge in [0.05, 0.1) is 12.3 Å². The van der Waals surface area contributed by atoms with Crippen LogP contribution in [-0.2, 0) is 11.3 Å². The maximum Gasteiger partial charge on any atom is 0.133 e. The summed E-state index contributed by atoms with van der Waals surface area (Å²) >= 11 is 6.04. The second kappa shape index (κ2) is 6.31. The van der Waals surface area contributed by atoms with Gasteiger partial charge in [0.1, 0.15) is 11.0 Å². The predicted octanol–water partition coefficient (Wildman–Crippen LogP) is 3.71. The lowest BCUT2D eigenvalue weighted by atomic mass is 9.99. The highest BCUT2D eigenvalue weighted by atomic mass is 35.5. The van der Waals surface area contributed by atoms with Crippen LogP contribution in [0.5, 0.6) is 0 Å². The fourth-order valence-corrected chi connectivity index (χ4v) is 2.64. The number of halogens is 1. The summed E-state index contributed by atoms with van der Waals surface area (Å²) in [6, 6.07) is 1.78. The maximum absolute atomic E-state index is 6.04. The standard InChI is InChI=1S/C13H19ClN2O/c1-17-9-11-8-12(14)16-13(15-11)10-6-4-2-3-5-7-10/h8,10H,2-7,9H2,1H3. The van der Waals surface area contributed by atoms with E-state index in [1.165, 1.54) is 38.5 Å². The first kappa shape index (κ1) is 12.8. The van der Waals surface area contributed by atoms with Crippen LogP contribution < -0.4 is 0 Å². The summed E-state index contributed by atoms with van der Waals surface area (Å²) < 4.78 is 5.10. The topological polar surface area (TPSA) is 35.0 Å². The fourth-order valence-electron chi connectivity index (χ4n) is 2.43. The lowest BCUT2D eigenvalue weighted by molar-refractivity contribution is 0.181. The highest BCUT2D eigenvalue weighted by Gasteiger charge is 2.18. The molecule has 2 rings (SSSR count). The zero-order valence-corrected chi connectivity index (χ0v) is 11.0. The lowest BCUT2D eigenvalue weighted by Crippen LogP contribution is -2.07. The van der Waals surface area contributed by atoms with Gasteiger partial charge in [0, 0.05) is 13.0 Å². The van der Waals surface area contributed by atoms with E-state index in [2.05, 4.69) is 9.97 Å². The van der Waals surface area contributed by atoms with Crippen molar-refractivity contribution in [1.29, 1.82) is 0 Å². The smallest absolute Gasteiger partial charge is 0.133 e. The molecule has 1 aromatic rings. The van der Waals surface area contributed by atoms with E-state index in [1.54, 1.807) is 13.2 Å². The van der Waals surface area contributed by atoms with Crippen molar-refractivity contribution in [2.24, 2.45) is 0 Å². The van der Waals surface area contributed by atoms with Gasteiger partial charge in [-0.2, -0.15) is 0 Å². The molecule has 4 heteroatoms. The molecule has 0 aliphatic heterocycles. The number of ether oxygens (including phenoxy) is 1. The summed E-state index contributed by atoms with van der Waals surface area (Å²) in [4.78, 5) is 8.95. The second-order valence-corrected chi connectivity index (χ2v) is 5.05. The Balaban J connectivity index is 2.17. The number of rotatable bonds is 3. The van der Waals surface area contributed by atoms with Gasteiger partial charge >= 0.3 is 0 Å². The van der Waals surface area contributed by atoms with Gasteiger partial charge in [-0.15, -0.1) is 0 Å². The van der Waals surface area contributed by atoms with Gasteiger partial charge in [-0.25, -0.2) is 9.97 Å². The Labute approximate surface area is 108 Å². The normalized spacial score (nSPS) is 18.0. The fraction of sp³-hybridized carbons (Fsp3) is 0.692. The number of methoxy groups -OCH3 is 1. The molecule has 0 amide bonds. The Hall–Kier alpha value is -0.670. The molecule has 0 spiro atoms. The molecule has 1 saturated carbocycles. The van der Waals surface area contributed by atoms with E-state index in [0.717, 1.165) is 11.5 Å². The van der Waals surface area contributed by atoms with E-state index < -0.39 is 0 Å². The molecule has 0 atom stereocenters. The van der Waals surface area contributed by atoms with E-state index in [-0.39, 0.29) is 0 Å². The summed E-state index contributed by atoms with van der Waals surface area (Å²) in [5.41, 5.74) is 0.881. The number of hydrogen-bond donors (Lipinski definition) is 0. The van der Waals surface area contributed by atoms with E-state index in [9.17, 15) is 0 Å². The van der Waals surface area contributed by atoms with E-state index in [4.69, 9.17) is 16.3 Å². The first-order valence-electron chi connectivity index (χ1n) is 6.32. The van der Waals surface area contributed by atoms with Crippen LogP contribution in [0.15, 0.2) is 6.07 Å². The molecule has 0 N–H and O–H groups in total. The van der Waals surface area contributed by atoms with Crippen LogP contribution in [0.25, 0.3) is 0 Å². The van der Waals surface area contributed by atoms with Gasteiger partial charge in [0.25, 0.3) is 0 Å². The van der Waals surface area contributed by atoms with Crippen LogP contribution in [-0.4, -0.2) is 17.1 Å². The SMILES string of the molecule is COCc1cc(Cl)nc(C2CCCCCC2)n1. The van der Waals surface area contributed by atoms with E-state index in [1.807, 2.05) is 0 Å². The Morgan fingerprint density at radius 2 is 1.94 bits per heavy atom. The Kier molecular flexibility index (Phi) is 4.75. The molecule has 0 radical (unpaired) electrons. The Morgan fingerprint density at radius 1 is 1.24 bits per heavy atom. The maximum atomic E-state index is 6.04. The molecule has 94 valence electrons. The molecule has 1 aliphatic carbocycles. The number of nitrogens with zero attached hydrogens (tertiary/aromatic N) is 2. The molecule has 0 bridgehead atoms. The van der Waals surface area contributed by atoms with Crippen molar-refractivity contribution in [2.45, 2.75) is 51.0 Å². The van der Waals surface area contributed by atoms with Gasteiger partial charge in [-0.1, -0.05) is 37.3 Å². The third kappa shape index (κ3) is 3.65. The third-order valence-electron chi connectivity index (χ3n) is 3.28. The summed E-state index contributed by atoms with van der Waals surface area (Å²) in [6.07, 6.45) is 7.60. The molecule has 0 aromatic carbocycles. The minimum Gasteiger partial charge on any atom is -0.378 e. The van der Waals surface area contributed by atoms with Crippen molar-refractivity contribution in [3.8, 4) is 0 Å². The molecule has 1 aliphatic rings. The molecule has 0 unspecified atom stereocenters. The molecule has 1 aromatic heterocycles. The average molecular weight is 255 g/mol. The summed E-state index contributed by atoms with van der Waals surface area (Å²) in [7, 11) is 1.67. The lowest BCUT2D eigenvalue weighted by Gasteiger charge is -2.13. The van der Waals surface area contributed by atoms with Crippen molar-refractivity contribution in [1.82, 2.24) is 9.97 Å². The zero-order chi connectivity index (χ0) is 12.1. The van der Waals surface area contributed by atoms with Crippen molar-refractivity contribution < 1.29 is 4.74 Å². The molecule has 3 nitrogen and oxygen atoms in total. The molecular formula is C13H19ClN2O. The average Bonchev–Trinajstić information content (AvgIpc) is 2.57. The predicted molar refractivity (Wildman–Crippen MR) is 68.2 cm³/mol. The van der Waals surface area contributed by atoms with Crippen LogP contribution in [0.1, 0.15) is 56.0 Å². The highest BCUT2D eigenvalue weighted by Crippen LogP contribution is 2.30. The second-order valence-electron chi connectivity index (χ2n) is 4.66. The van der Waals surface area contributed by atoms with Crippen molar-refractivity contribution in [3.05, 3.63) is 22.7 Å². The van der Waals surface area contributed by atoms with Crippen LogP contribution >= 0.6 is 11.6 Å². The Bertz CT molecular complexity index is 362. The van der Waals surface area contributed by atoms with Crippen LogP contribution in [0.2, 0.25) is 5.15 Å². The van der Waals surface area contributed by atoms with Gasteiger partial charge in [0.15, 0.2) is 0 Å². The van der Waals surface area contributed by atoms with Gasteiger partial charge < -0.3 is 4.74 Å². The largest absolute Gasteiger partial charge is 0.378 e. The molecule has 1 fully saturated rings. The highest BCUT2D eigenvalue weighted by molar-refractivity contribution is 6.29. The molecule has 1 heterocycles. The zero-order valence-electron chi connectivity index (χ0n) is 10.3. The molecule has 17 heavy (non-hydrogen) atoms. The van der Waals surface area contributed by atoms with Gasteiger partial charge in [-0.05, 0) is 18.9 Å². The Morgan fingerprint density at radius 3 is 2.59 bits per heavy atom. The molecule has 0 saturated heterocycles. The van der Waals surface area contributed by atoms with Crippen molar-refractivity contribution >= 4 is 11.6 Å². The summed E-state index contributed by atoms with van der Waals surface area (Å²) in [5.74, 6) is 1.39. The van der Waals surface area contributed by atoms with E-state index >= 15 is 0 Å². The van der Waals surface area contributed by atoms with Crippen molar-refractivity contribution in [2.75, 3.05) is 7.11 Å². The van der Waals surface area contributed by atoms with Gasteiger partial charge in [-0.3, -0.25) is 0 Å². The summed E-state index contributed by atoms with van der Waals surface area (Å²) in [5, 5.41) is 0.534. The summed E-state index contributed by atoms with van der Waals surface area (Å²) in [6.45, 7) is 0.502. The van der Waals surface area contributed by atoms with E-state index in [0.29, 0.717) is 17.7 Å². The van der Waals surface area contributed by atoms with Crippen LogP contribution in [0.4, 0.5) is 0 Å². The number of aromatic nitrogens is 2. The minimum absolute atomic E-state index is 0.479. The monoisotopic (exact) mass is 254 g/mol. The quantitative estimate of drug-likeness (QED) is 0.609. The molecular weight excluding hydrogens is 236 g/mol.